The van der Waals surface area contributed by atoms with Crippen molar-refractivity contribution in [1.29, 1.82) is 0 Å². The first kappa shape index (κ1) is 14.3. The molecule has 1 atom stereocenters. The molecule has 19 heavy (non-hydrogen) atoms. The Balaban J connectivity index is 2.34. The van der Waals surface area contributed by atoms with Crippen LogP contribution in [0.3, 0.4) is 0 Å². The highest BCUT2D eigenvalue weighted by molar-refractivity contribution is 14.1. The molecule has 0 bridgehead atoms. The van der Waals surface area contributed by atoms with E-state index in [1.165, 1.54) is 6.07 Å². The molecule has 0 aromatic heterocycles. The van der Waals surface area contributed by atoms with E-state index in [1.54, 1.807) is 19.2 Å². The summed E-state index contributed by atoms with van der Waals surface area (Å²) in [6.45, 7) is 1.90. The minimum absolute atomic E-state index is 0.111. The van der Waals surface area contributed by atoms with E-state index >= 15 is 0 Å². The summed E-state index contributed by atoms with van der Waals surface area (Å²) in [4.78, 5) is 0. The van der Waals surface area contributed by atoms with Gasteiger partial charge in [-0.1, -0.05) is 6.07 Å². The van der Waals surface area contributed by atoms with Gasteiger partial charge in [0.2, 0.25) is 0 Å². The van der Waals surface area contributed by atoms with Crippen LogP contribution in [-0.4, -0.2) is 7.05 Å². The molecule has 0 spiro atoms. The van der Waals surface area contributed by atoms with Gasteiger partial charge in [0, 0.05) is 15.2 Å². The average molecular weight is 371 g/mol. The molecule has 1 N–H and O–H groups in total. The molecule has 100 valence electrons. The first-order valence-electron chi connectivity index (χ1n) is 6.01. The van der Waals surface area contributed by atoms with Gasteiger partial charge >= 0.3 is 0 Å². The molecule has 0 aliphatic rings. The zero-order valence-corrected chi connectivity index (χ0v) is 12.9. The van der Waals surface area contributed by atoms with Crippen LogP contribution in [0, 0.1) is 9.39 Å². The molecule has 2 aromatic carbocycles. The lowest BCUT2D eigenvalue weighted by molar-refractivity contribution is 0.452. The normalized spacial score (nSPS) is 12.2. The van der Waals surface area contributed by atoms with Crippen molar-refractivity contribution in [3.63, 3.8) is 0 Å². The number of rotatable bonds is 4. The molecular weight excluding hydrogens is 356 g/mol. The van der Waals surface area contributed by atoms with Crippen molar-refractivity contribution in [2.45, 2.75) is 13.0 Å². The first-order valence-corrected chi connectivity index (χ1v) is 7.09. The molecule has 0 saturated carbocycles. The van der Waals surface area contributed by atoms with Gasteiger partial charge in [0.1, 0.15) is 17.3 Å². The second kappa shape index (κ2) is 6.34. The van der Waals surface area contributed by atoms with E-state index < -0.39 is 0 Å². The van der Waals surface area contributed by atoms with Crippen molar-refractivity contribution in [2.75, 3.05) is 7.05 Å². The third-order valence-corrected chi connectivity index (χ3v) is 3.64. The molecule has 0 heterocycles. The van der Waals surface area contributed by atoms with Crippen LogP contribution in [0.25, 0.3) is 0 Å². The summed E-state index contributed by atoms with van der Waals surface area (Å²) in [7, 11) is 1.80. The van der Waals surface area contributed by atoms with Gasteiger partial charge in [-0.15, -0.1) is 0 Å². The summed E-state index contributed by atoms with van der Waals surface area (Å²) in [6, 6.07) is 12.4. The van der Waals surface area contributed by atoms with Crippen molar-refractivity contribution in [3.8, 4) is 11.5 Å². The molecule has 0 aliphatic heterocycles. The van der Waals surface area contributed by atoms with Crippen LogP contribution in [0.2, 0.25) is 0 Å². The molecule has 4 heteroatoms. The van der Waals surface area contributed by atoms with Crippen LogP contribution in [0.15, 0.2) is 42.5 Å². The summed E-state index contributed by atoms with van der Waals surface area (Å²) in [6.07, 6.45) is 0. The highest BCUT2D eigenvalue weighted by atomic mass is 127. The van der Waals surface area contributed by atoms with Gasteiger partial charge in [0.05, 0.1) is 0 Å². The third-order valence-electron chi connectivity index (χ3n) is 2.92. The van der Waals surface area contributed by atoms with E-state index in [9.17, 15) is 4.39 Å². The predicted molar refractivity (Wildman–Crippen MR) is 83.1 cm³/mol. The lowest BCUT2D eigenvalue weighted by Gasteiger charge is -2.17. The molecule has 0 aliphatic carbocycles. The smallest absolute Gasteiger partial charge is 0.135 e. The molecule has 2 nitrogen and oxygen atoms in total. The molecule has 0 fully saturated rings. The highest BCUT2D eigenvalue weighted by Crippen LogP contribution is 2.31. The maximum absolute atomic E-state index is 13.9. The summed E-state index contributed by atoms with van der Waals surface area (Å²) in [5.74, 6) is 0.989. The Bertz CT molecular complexity index is 557. The average Bonchev–Trinajstić information content (AvgIpc) is 2.41. The van der Waals surface area contributed by atoms with Gasteiger partial charge in [-0.05, 0) is 73.0 Å². The predicted octanol–water partition coefficient (Wildman–Crippen LogP) is 4.50. The Kier molecular flexibility index (Phi) is 4.76. The maximum Gasteiger partial charge on any atom is 0.135 e. The van der Waals surface area contributed by atoms with Crippen LogP contribution in [0.1, 0.15) is 18.5 Å². The summed E-state index contributed by atoms with van der Waals surface area (Å²) in [5, 5.41) is 3.04. The number of hydrogen-bond donors (Lipinski definition) is 1. The Morgan fingerprint density at radius 3 is 2.47 bits per heavy atom. The first-order chi connectivity index (χ1) is 9.11. The maximum atomic E-state index is 13.9. The Labute approximate surface area is 126 Å². The van der Waals surface area contributed by atoms with Gasteiger partial charge < -0.3 is 10.1 Å². The van der Waals surface area contributed by atoms with E-state index in [4.69, 9.17) is 4.74 Å². The van der Waals surface area contributed by atoms with Gasteiger partial charge in [-0.2, -0.15) is 0 Å². The van der Waals surface area contributed by atoms with Crippen LogP contribution >= 0.6 is 22.6 Å². The van der Waals surface area contributed by atoms with E-state index in [1.807, 2.05) is 31.2 Å². The monoisotopic (exact) mass is 371 g/mol. The van der Waals surface area contributed by atoms with Gasteiger partial charge in [0.25, 0.3) is 0 Å². The fraction of sp³-hybridized carbons (Fsp3) is 0.200. The van der Waals surface area contributed by atoms with Crippen LogP contribution in [0.5, 0.6) is 11.5 Å². The number of halogens is 2. The topological polar surface area (TPSA) is 21.3 Å². The van der Waals surface area contributed by atoms with Crippen molar-refractivity contribution in [1.82, 2.24) is 5.32 Å². The minimum Gasteiger partial charge on any atom is -0.457 e. The quantitative estimate of drug-likeness (QED) is 0.799. The van der Waals surface area contributed by atoms with Crippen molar-refractivity contribution in [3.05, 3.63) is 57.4 Å². The van der Waals surface area contributed by atoms with E-state index in [0.29, 0.717) is 17.1 Å². The molecule has 0 saturated heterocycles. The Morgan fingerprint density at radius 1 is 1.16 bits per heavy atom. The summed E-state index contributed by atoms with van der Waals surface area (Å²) < 4.78 is 20.9. The largest absolute Gasteiger partial charge is 0.457 e. The lowest BCUT2D eigenvalue weighted by Crippen LogP contribution is -2.14. The van der Waals surface area contributed by atoms with Gasteiger partial charge in [-0.3, -0.25) is 0 Å². The molecule has 0 amide bonds. The fourth-order valence-electron chi connectivity index (χ4n) is 1.80. The minimum atomic E-state index is -0.259. The number of nitrogens with one attached hydrogen (secondary N) is 1. The van der Waals surface area contributed by atoms with Crippen molar-refractivity contribution in [2.24, 2.45) is 0 Å². The fourth-order valence-corrected chi connectivity index (χ4v) is 2.16. The van der Waals surface area contributed by atoms with E-state index in [2.05, 4.69) is 27.9 Å². The van der Waals surface area contributed by atoms with E-state index in [-0.39, 0.29) is 11.9 Å². The highest BCUT2D eigenvalue weighted by Gasteiger charge is 2.15. The molecule has 2 aromatic rings. The van der Waals surface area contributed by atoms with Gasteiger partial charge in [-0.25, -0.2) is 4.39 Å². The summed E-state index contributed by atoms with van der Waals surface area (Å²) >= 11 is 2.23. The SMILES string of the molecule is CNC(C)c1c(F)cccc1Oc1ccc(I)cc1. The number of benzene rings is 2. The number of ether oxygens (including phenoxy) is 1. The zero-order valence-electron chi connectivity index (χ0n) is 10.8. The second-order valence-corrected chi connectivity index (χ2v) is 5.46. The Morgan fingerprint density at radius 2 is 1.84 bits per heavy atom. The van der Waals surface area contributed by atoms with Crippen molar-refractivity contribution >= 4 is 22.6 Å². The third kappa shape index (κ3) is 3.45. The molecular formula is C15H15FINO. The second-order valence-electron chi connectivity index (χ2n) is 4.22. The van der Waals surface area contributed by atoms with Crippen molar-refractivity contribution < 1.29 is 9.13 Å². The Hall–Kier alpha value is -1.14. The molecule has 2 rings (SSSR count). The zero-order chi connectivity index (χ0) is 13.8. The molecule has 1 unspecified atom stereocenters. The number of hydrogen-bond acceptors (Lipinski definition) is 2. The van der Waals surface area contributed by atoms with Crippen LogP contribution in [-0.2, 0) is 0 Å². The standard InChI is InChI=1S/C15H15FINO/c1-10(18-2)15-13(16)4-3-5-14(15)19-12-8-6-11(17)7-9-12/h3-10,18H,1-2H3. The van der Waals surface area contributed by atoms with Crippen LogP contribution in [0.4, 0.5) is 4.39 Å². The lowest BCUT2D eigenvalue weighted by atomic mass is 10.1. The van der Waals surface area contributed by atoms with Gasteiger partial charge in [0.15, 0.2) is 0 Å². The summed E-state index contributed by atoms with van der Waals surface area (Å²) in [5.41, 5.74) is 0.545. The van der Waals surface area contributed by atoms with Crippen LogP contribution < -0.4 is 10.1 Å². The molecule has 0 radical (unpaired) electrons. The van der Waals surface area contributed by atoms with E-state index in [0.717, 1.165) is 3.57 Å².